The normalized spacial score (nSPS) is 14.1. The van der Waals surface area contributed by atoms with Gasteiger partial charge in [-0.3, -0.25) is 9.31 Å². The van der Waals surface area contributed by atoms with E-state index in [9.17, 15) is 4.21 Å². The molecular formula is C17H25N3OS. The van der Waals surface area contributed by atoms with E-state index in [2.05, 4.69) is 74.9 Å². The molecule has 0 aliphatic carbocycles. The van der Waals surface area contributed by atoms with Gasteiger partial charge >= 0.3 is 0 Å². The van der Waals surface area contributed by atoms with Gasteiger partial charge < -0.3 is 0 Å². The van der Waals surface area contributed by atoms with Crippen molar-refractivity contribution in [2.75, 3.05) is 6.26 Å². The Bertz CT molecular complexity index is 673. The lowest BCUT2D eigenvalue weighted by molar-refractivity contribution is 0.569. The number of hydrogen-bond donors (Lipinski definition) is 1. The Morgan fingerprint density at radius 1 is 0.955 bits per heavy atom. The van der Waals surface area contributed by atoms with Crippen molar-refractivity contribution in [1.29, 1.82) is 0 Å². The van der Waals surface area contributed by atoms with Crippen molar-refractivity contribution >= 4 is 10.8 Å². The molecule has 0 saturated heterocycles. The second-order valence-corrected chi connectivity index (χ2v) is 9.01. The summed E-state index contributed by atoms with van der Waals surface area (Å²) in [6.07, 6.45) is 1.59. The second-order valence-electron chi connectivity index (χ2n) is 7.72. The first kappa shape index (κ1) is 16.9. The molecule has 0 bridgehead atoms. The Labute approximate surface area is 135 Å². The third kappa shape index (κ3) is 3.64. The summed E-state index contributed by atoms with van der Waals surface area (Å²) >= 11 is 0. The molecule has 0 radical (unpaired) electrons. The number of aromatic amines is 1. The highest BCUT2D eigenvalue weighted by molar-refractivity contribution is 7.84. The van der Waals surface area contributed by atoms with Crippen LogP contribution in [0.25, 0.3) is 11.4 Å². The van der Waals surface area contributed by atoms with E-state index in [-0.39, 0.29) is 10.8 Å². The SMILES string of the molecule is CS(=O)c1nc(-c2cc(C(C)(C)C)cc(C(C)(C)C)c2)n[nH]1. The van der Waals surface area contributed by atoms with Crippen molar-refractivity contribution < 1.29 is 4.21 Å². The van der Waals surface area contributed by atoms with Crippen LogP contribution < -0.4 is 0 Å². The molecule has 1 N–H and O–H groups in total. The largest absolute Gasteiger partial charge is 0.252 e. The Morgan fingerprint density at radius 3 is 1.82 bits per heavy atom. The van der Waals surface area contributed by atoms with Crippen LogP contribution in [0.4, 0.5) is 0 Å². The lowest BCUT2D eigenvalue weighted by atomic mass is 9.79. The number of aromatic nitrogens is 3. The van der Waals surface area contributed by atoms with Crippen molar-refractivity contribution in [3.8, 4) is 11.4 Å². The molecule has 0 spiro atoms. The molecule has 1 atom stereocenters. The highest BCUT2D eigenvalue weighted by Gasteiger charge is 2.22. The summed E-state index contributed by atoms with van der Waals surface area (Å²) in [4.78, 5) is 4.36. The Morgan fingerprint density at radius 2 is 1.45 bits per heavy atom. The molecule has 1 unspecified atom stereocenters. The molecule has 2 rings (SSSR count). The molecule has 5 heteroatoms. The number of nitrogens with zero attached hydrogens (tertiary/aromatic N) is 2. The maximum atomic E-state index is 11.5. The first-order valence-corrected chi connectivity index (χ1v) is 8.96. The number of benzene rings is 1. The van der Waals surface area contributed by atoms with Crippen molar-refractivity contribution in [1.82, 2.24) is 15.2 Å². The number of H-pyrrole nitrogens is 1. The Kier molecular flexibility index (Phi) is 4.30. The minimum atomic E-state index is -1.16. The van der Waals surface area contributed by atoms with Gasteiger partial charge in [-0.15, -0.1) is 0 Å². The number of nitrogens with one attached hydrogen (secondary N) is 1. The van der Waals surface area contributed by atoms with Crippen LogP contribution in [0.1, 0.15) is 52.7 Å². The van der Waals surface area contributed by atoms with Gasteiger partial charge in [-0.25, -0.2) is 0 Å². The molecule has 0 aliphatic rings. The third-order valence-corrected chi connectivity index (χ3v) is 4.39. The average molecular weight is 319 g/mol. The van der Waals surface area contributed by atoms with E-state index < -0.39 is 10.8 Å². The summed E-state index contributed by atoms with van der Waals surface area (Å²) in [6.45, 7) is 13.2. The summed E-state index contributed by atoms with van der Waals surface area (Å²) in [7, 11) is -1.16. The highest BCUT2D eigenvalue weighted by atomic mass is 32.2. The van der Waals surface area contributed by atoms with Gasteiger partial charge in [-0.1, -0.05) is 47.6 Å². The van der Waals surface area contributed by atoms with Crippen LogP contribution in [-0.2, 0) is 21.6 Å². The van der Waals surface area contributed by atoms with Crippen LogP contribution in [0, 0.1) is 0 Å². The summed E-state index contributed by atoms with van der Waals surface area (Å²) < 4.78 is 11.5. The molecule has 22 heavy (non-hydrogen) atoms. The summed E-state index contributed by atoms with van der Waals surface area (Å²) in [5.41, 5.74) is 3.55. The van der Waals surface area contributed by atoms with Gasteiger partial charge in [0.05, 0.1) is 10.8 Å². The van der Waals surface area contributed by atoms with E-state index in [1.807, 2.05) is 0 Å². The quantitative estimate of drug-likeness (QED) is 0.916. The van der Waals surface area contributed by atoms with Crippen molar-refractivity contribution in [2.24, 2.45) is 0 Å². The van der Waals surface area contributed by atoms with Crippen molar-refractivity contribution in [2.45, 2.75) is 57.5 Å². The average Bonchev–Trinajstić information content (AvgIpc) is 2.85. The fourth-order valence-corrected chi connectivity index (χ4v) is 2.52. The maximum Gasteiger partial charge on any atom is 0.214 e. The monoisotopic (exact) mass is 319 g/mol. The van der Waals surface area contributed by atoms with Crippen LogP contribution in [0.2, 0.25) is 0 Å². The first-order valence-electron chi connectivity index (χ1n) is 7.41. The Hall–Kier alpha value is -1.49. The van der Waals surface area contributed by atoms with Gasteiger partial charge in [0.2, 0.25) is 5.16 Å². The van der Waals surface area contributed by atoms with Crippen molar-refractivity contribution in [3.63, 3.8) is 0 Å². The van der Waals surface area contributed by atoms with Crippen molar-refractivity contribution in [3.05, 3.63) is 29.3 Å². The Balaban J connectivity index is 2.61. The topological polar surface area (TPSA) is 58.6 Å². The van der Waals surface area contributed by atoms with Gasteiger partial charge in [0.1, 0.15) is 0 Å². The van der Waals surface area contributed by atoms with Crippen LogP contribution in [0.15, 0.2) is 23.4 Å². The van der Waals surface area contributed by atoms with E-state index in [1.165, 1.54) is 11.1 Å². The van der Waals surface area contributed by atoms with Gasteiger partial charge in [0, 0.05) is 11.8 Å². The number of rotatable bonds is 2. The van der Waals surface area contributed by atoms with E-state index in [0.717, 1.165) is 5.56 Å². The molecule has 120 valence electrons. The molecule has 1 aromatic carbocycles. The van der Waals surface area contributed by atoms with Crippen LogP contribution in [0.5, 0.6) is 0 Å². The van der Waals surface area contributed by atoms with E-state index in [1.54, 1.807) is 6.26 Å². The molecule has 0 aliphatic heterocycles. The molecule has 0 fully saturated rings. The molecule has 0 saturated carbocycles. The van der Waals surface area contributed by atoms with Gasteiger partial charge in [0.15, 0.2) is 5.82 Å². The van der Waals surface area contributed by atoms with Gasteiger partial charge in [-0.05, 0) is 34.1 Å². The summed E-state index contributed by atoms with van der Waals surface area (Å²) in [5.74, 6) is 0.599. The molecule has 1 aromatic heterocycles. The highest BCUT2D eigenvalue weighted by Crippen LogP contribution is 2.32. The second kappa shape index (κ2) is 5.61. The fourth-order valence-electron chi connectivity index (χ4n) is 2.13. The lowest BCUT2D eigenvalue weighted by Crippen LogP contribution is -2.16. The smallest absolute Gasteiger partial charge is 0.214 e. The number of hydrogen-bond acceptors (Lipinski definition) is 3. The molecule has 4 nitrogen and oxygen atoms in total. The first-order chi connectivity index (χ1) is 9.98. The van der Waals surface area contributed by atoms with Crippen LogP contribution >= 0.6 is 0 Å². The van der Waals surface area contributed by atoms with Gasteiger partial charge in [-0.2, -0.15) is 10.1 Å². The predicted molar refractivity (Wildman–Crippen MR) is 91.6 cm³/mol. The zero-order valence-electron chi connectivity index (χ0n) is 14.4. The van der Waals surface area contributed by atoms with Crippen LogP contribution in [-0.4, -0.2) is 25.6 Å². The van der Waals surface area contributed by atoms with E-state index in [0.29, 0.717) is 11.0 Å². The third-order valence-electron chi connectivity index (χ3n) is 3.66. The standard InChI is InChI=1S/C17H25N3OS/c1-16(2,3)12-8-11(9-13(10-12)17(4,5)6)14-18-15(20-19-14)22(7)21/h8-10H,1-7H3,(H,18,19,20). The zero-order chi connectivity index (χ0) is 16.7. The van der Waals surface area contributed by atoms with Gasteiger partial charge in [0.25, 0.3) is 0 Å². The molecule has 1 heterocycles. The lowest BCUT2D eigenvalue weighted by Gasteiger charge is -2.25. The molecular weight excluding hydrogens is 294 g/mol. The molecule has 0 amide bonds. The van der Waals surface area contributed by atoms with E-state index >= 15 is 0 Å². The minimum Gasteiger partial charge on any atom is -0.252 e. The molecule has 2 aromatic rings. The summed E-state index contributed by atoms with van der Waals surface area (Å²) in [6, 6.07) is 6.51. The minimum absolute atomic E-state index is 0.0444. The predicted octanol–water partition coefficient (Wildman–Crippen LogP) is 3.80. The summed E-state index contributed by atoms with van der Waals surface area (Å²) in [5, 5.41) is 7.39. The van der Waals surface area contributed by atoms with Crippen LogP contribution in [0.3, 0.4) is 0 Å². The van der Waals surface area contributed by atoms with E-state index in [4.69, 9.17) is 0 Å². The zero-order valence-corrected chi connectivity index (χ0v) is 15.3. The maximum absolute atomic E-state index is 11.5. The fraction of sp³-hybridized carbons (Fsp3) is 0.529.